The third kappa shape index (κ3) is 10.1. The lowest BCUT2D eigenvalue weighted by Crippen LogP contribution is -2.41. The molecule has 0 bridgehead atoms. The van der Waals surface area contributed by atoms with Crippen LogP contribution in [0, 0.1) is 0 Å². The summed E-state index contributed by atoms with van der Waals surface area (Å²) in [5.74, 6) is -1.28. The number of anilines is 2. The zero-order chi connectivity index (χ0) is 60.5. The van der Waals surface area contributed by atoms with E-state index in [1.807, 2.05) is 60.7 Å². The van der Waals surface area contributed by atoms with Gasteiger partial charge in [0.2, 0.25) is 0 Å². The van der Waals surface area contributed by atoms with Gasteiger partial charge in [0, 0.05) is 43.9 Å². The maximum Gasteiger partial charge on any atom is 0.265 e. The standard InChI is InChI=1S/C82H90N2O4/c1-5-9-13-17-21-29-49-81(50-30-22-18-14-10-6-2)69-35-27-25-33-57(69)59-39-37-55(53-71(59)81)83-77(85)65-45-41-61-63-43-47-67-76-68(48-44-64(74(63)76)62-42-46-66(78(83)86)75(65)73(61)62)80(88)84(79(67)87)56-38-40-60-58-34-26-28-36-70(58)82(72(60)54-56,51-31-23-19-15-11-7-3)52-32-24-20-16-12-8-4/h25-28,33-48,53-54H,5-24,29-32,49-52H2,1-4H3. The van der Waals surface area contributed by atoms with Gasteiger partial charge in [-0.15, -0.1) is 0 Å². The molecule has 6 heteroatoms. The van der Waals surface area contributed by atoms with Crippen molar-refractivity contribution in [2.75, 3.05) is 9.80 Å². The van der Waals surface area contributed by atoms with Crippen LogP contribution in [0.1, 0.15) is 271 Å². The molecule has 2 aliphatic carbocycles. The number of unbranched alkanes of at least 4 members (excludes halogenated alkanes) is 20. The van der Waals surface area contributed by atoms with Gasteiger partial charge in [-0.1, -0.05) is 267 Å². The molecule has 2 heterocycles. The number of nitrogens with zero attached hydrogens (tertiary/aromatic N) is 2. The summed E-state index contributed by atoms with van der Waals surface area (Å²) in [7, 11) is 0. The van der Waals surface area contributed by atoms with Crippen LogP contribution in [-0.4, -0.2) is 23.6 Å². The summed E-state index contributed by atoms with van der Waals surface area (Å²) in [5.41, 5.74) is 13.1. The third-order valence-corrected chi connectivity index (χ3v) is 21.5. The monoisotopic (exact) mass is 1170 g/mol. The van der Waals surface area contributed by atoms with Crippen molar-refractivity contribution in [3.05, 3.63) is 178 Å². The van der Waals surface area contributed by atoms with Gasteiger partial charge in [0.1, 0.15) is 0 Å². The second-order valence-corrected chi connectivity index (χ2v) is 26.8. The van der Waals surface area contributed by atoms with Crippen LogP contribution in [-0.2, 0) is 10.8 Å². The molecule has 2 aliphatic heterocycles. The maximum absolute atomic E-state index is 15.4. The van der Waals surface area contributed by atoms with E-state index in [0.29, 0.717) is 44.4 Å². The van der Waals surface area contributed by atoms with E-state index in [-0.39, 0.29) is 34.5 Å². The summed E-state index contributed by atoms with van der Waals surface area (Å²) in [4.78, 5) is 64.4. The molecule has 452 valence electrons. The fourth-order valence-electron chi connectivity index (χ4n) is 17.1. The molecule has 4 aliphatic rings. The second-order valence-electron chi connectivity index (χ2n) is 26.8. The highest BCUT2D eigenvalue weighted by molar-refractivity contribution is 6.45. The van der Waals surface area contributed by atoms with Crippen LogP contribution in [0.3, 0.4) is 0 Å². The Hall–Kier alpha value is -7.44. The Balaban J connectivity index is 0.845. The van der Waals surface area contributed by atoms with Gasteiger partial charge in [-0.25, -0.2) is 9.80 Å². The zero-order valence-electron chi connectivity index (χ0n) is 53.0. The molecule has 0 spiro atoms. The highest BCUT2D eigenvalue weighted by atomic mass is 16.2. The minimum Gasteiger partial charge on any atom is -0.268 e. The minimum atomic E-state index is -0.320. The van der Waals surface area contributed by atoms with E-state index < -0.39 is 0 Å². The number of benzene rings is 9. The molecule has 9 aromatic rings. The van der Waals surface area contributed by atoms with Gasteiger partial charge in [-0.3, -0.25) is 19.2 Å². The van der Waals surface area contributed by atoms with Crippen molar-refractivity contribution >= 4 is 78.1 Å². The van der Waals surface area contributed by atoms with Crippen LogP contribution in [0.25, 0.3) is 65.3 Å². The number of hydrogen-bond acceptors (Lipinski definition) is 4. The fraction of sp³-hybridized carbons (Fsp3) is 0.415. The topological polar surface area (TPSA) is 74.8 Å². The van der Waals surface area contributed by atoms with Gasteiger partial charge in [0.15, 0.2) is 0 Å². The van der Waals surface area contributed by atoms with Crippen molar-refractivity contribution in [3.8, 4) is 22.3 Å². The van der Waals surface area contributed by atoms with Gasteiger partial charge < -0.3 is 0 Å². The molecule has 6 nitrogen and oxygen atoms in total. The lowest BCUT2D eigenvalue weighted by atomic mass is 9.70. The Kier molecular flexibility index (Phi) is 17.3. The molecule has 0 saturated heterocycles. The molecule has 0 fully saturated rings. The Labute approximate surface area is 522 Å². The molecule has 9 aromatic carbocycles. The molecular formula is C82H90N2O4. The molecule has 13 rings (SSSR count). The van der Waals surface area contributed by atoms with Crippen LogP contribution in [0.4, 0.5) is 11.4 Å². The van der Waals surface area contributed by atoms with Gasteiger partial charge in [0.25, 0.3) is 23.6 Å². The Morgan fingerprint density at radius 1 is 0.261 bits per heavy atom. The minimum absolute atomic E-state index is 0.207. The first kappa shape index (κ1) is 59.5. The van der Waals surface area contributed by atoms with Gasteiger partial charge in [-0.2, -0.15) is 0 Å². The summed E-state index contributed by atoms with van der Waals surface area (Å²) < 4.78 is 0. The van der Waals surface area contributed by atoms with E-state index in [1.165, 1.54) is 183 Å². The number of carbonyl (C=O) groups excluding carboxylic acids is 4. The average Bonchev–Trinajstić information content (AvgIpc) is 0.875. The number of hydrogen-bond donors (Lipinski definition) is 0. The average molecular weight is 1170 g/mol. The first-order valence-electron chi connectivity index (χ1n) is 34.7. The summed E-state index contributed by atoms with van der Waals surface area (Å²) in [6, 6.07) is 46.4. The van der Waals surface area contributed by atoms with E-state index in [4.69, 9.17) is 0 Å². The van der Waals surface area contributed by atoms with E-state index in [2.05, 4.69) is 100 Å². The Morgan fingerprint density at radius 3 is 0.830 bits per heavy atom. The van der Waals surface area contributed by atoms with Crippen molar-refractivity contribution < 1.29 is 19.2 Å². The van der Waals surface area contributed by atoms with E-state index >= 15 is 19.2 Å². The maximum atomic E-state index is 15.4. The Morgan fingerprint density at radius 2 is 0.523 bits per heavy atom. The number of imide groups is 2. The molecule has 0 saturated carbocycles. The number of carbonyl (C=O) groups is 4. The zero-order valence-corrected chi connectivity index (χ0v) is 53.0. The SMILES string of the molecule is CCCCCCCCC1(CCCCCCCC)c2ccccc2-c2ccc(N3C(=O)c4ccc5c6ccc7c8c(ccc(c9ccc(c4c59)C3=O)c86)C(=O)N(c3ccc4c(c3)C(CCCCCCCC)(CCCCCCCC)c3ccccc3-4)C7=O)cc21. The first-order valence-corrected chi connectivity index (χ1v) is 34.7. The largest absolute Gasteiger partial charge is 0.268 e. The summed E-state index contributed by atoms with van der Waals surface area (Å²) in [6.45, 7) is 9.10. The van der Waals surface area contributed by atoms with E-state index in [0.717, 1.165) is 83.7 Å². The third-order valence-electron chi connectivity index (χ3n) is 21.5. The predicted octanol–water partition coefficient (Wildman–Crippen LogP) is 22.9. The smallest absolute Gasteiger partial charge is 0.265 e. The van der Waals surface area contributed by atoms with Crippen LogP contribution in [0.15, 0.2) is 133 Å². The van der Waals surface area contributed by atoms with Gasteiger partial charge >= 0.3 is 0 Å². The van der Waals surface area contributed by atoms with Crippen molar-refractivity contribution in [1.82, 2.24) is 0 Å². The molecule has 4 amide bonds. The second kappa shape index (κ2) is 25.6. The number of amides is 4. The van der Waals surface area contributed by atoms with Crippen LogP contribution >= 0.6 is 0 Å². The molecule has 88 heavy (non-hydrogen) atoms. The summed E-state index contributed by atoms with van der Waals surface area (Å²) in [5, 5.41) is 6.58. The fourth-order valence-corrected chi connectivity index (χ4v) is 17.1. The number of fused-ring (bicyclic) bond motifs is 8. The van der Waals surface area contributed by atoms with E-state index in [1.54, 1.807) is 0 Å². The van der Waals surface area contributed by atoms with Crippen molar-refractivity contribution in [2.24, 2.45) is 0 Å². The van der Waals surface area contributed by atoms with Crippen molar-refractivity contribution in [3.63, 3.8) is 0 Å². The van der Waals surface area contributed by atoms with Crippen LogP contribution < -0.4 is 9.80 Å². The van der Waals surface area contributed by atoms with Gasteiger partial charge in [-0.05, 0) is 151 Å². The van der Waals surface area contributed by atoms with Crippen LogP contribution in [0.2, 0.25) is 0 Å². The molecule has 0 atom stereocenters. The Bertz CT molecular complexity index is 3710. The summed E-state index contributed by atoms with van der Waals surface area (Å²) in [6.07, 6.45) is 33.6. The highest BCUT2D eigenvalue weighted by Crippen LogP contribution is 2.58. The molecule has 0 N–H and O–H groups in total. The first-order chi connectivity index (χ1) is 43.2. The van der Waals surface area contributed by atoms with E-state index in [9.17, 15) is 0 Å². The molecular weight excluding hydrogens is 1080 g/mol. The van der Waals surface area contributed by atoms with Gasteiger partial charge in [0.05, 0.1) is 11.4 Å². The molecule has 0 radical (unpaired) electrons. The quantitative estimate of drug-likeness (QED) is 0.0195. The van der Waals surface area contributed by atoms with Crippen molar-refractivity contribution in [1.29, 1.82) is 0 Å². The number of rotatable bonds is 30. The lowest BCUT2D eigenvalue weighted by Gasteiger charge is -2.34. The molecule has 0 aromatic heterocycles. The summed E-state index contributed by atoms with van der Waals surface area (Å²) >= 11 is 0. The normalized spacial score (nSPS) is 15.2. The van der Waals surface area contributed by atoms with Crippen molar-refractivity contribution in [2.45, 2.75) is 218 Å². The predicted molar refractivity (Wildman–Crippen MR) is 367 cm³/mol. The molecule has 0 unspecified atom stereocenters. The van der Waals surface area contributed by atoms with Crippen LogP contribution in [0.5, 0.6) is 0 Å². The highest BCUT2D eigenvalue weighted by Gasteiger charge is 2.46. The lowest BCUT2D eigenvalue weighted by molar-refractivity contribution is 0.0877.